The molecule has 0 aromatic heterocycles. The zero-order valence-corrected chi connectivity index (χ0v) is 15.4. The van der Waals surface area contributed by atoms with Crippen LogP contribution < -0.4 is 10.1 Å². The fourth-order valence-electron chi connectivity index (χ4n) is 3.09. The molecule has 1 aliphatic heterocycles. The summed E-state index contributed by atoms with van der Waals surface area (Å²) in [6.45, 7) is 4.02. The van der Waals surface area contributed by atoms with Crippen molar-refractivity contribution in [3.8, 4) is 5.75 Å². The largest absolute Gasteiger partial charge is 0.494 e. The van der Waals surface area contributed by atoms with Crippen molar-refractivity contribution in [2.24, 2.45) is 0 Å². The molecule has 0 radical (unpaired) electrons. The fourth-order valence-corrected chi connectivity index (χ4v) is 3.09. The van der Waals surface area contributed by atoms with E-state index in [0.717, 1.165) is 25.2 Å². The van der Waals surface area contributed by atoms with Gasteiger partial charge in [0.1, 0.15) is 5.75 Å². The number of carbonyl (C=O) groups is 1. The maximum Gasteiger partial charge on any atom is 0.251 e. The van der Waals surface area contributed by atoms with E-state index in [0.29, 0.717) is 18.7 Å². The quantitative estimate of drug-likeness (QED) is 0.726. The summed E-state index contributed by atoms with van der Waals surface area (Å²) in [5.74, 6) is 0.731. The van der Waals surface area contributed by atoms with Gasteiger partial charge < -0.3 is 14.8 Å². The van der Waals surface area contributed by atoms with Crippen LogP contribution in [0.15, 0.2) is 48.5 Å². The molecule has 0 spiro atoms. The van der Waals surface area contributed by atoms with Gasteiger partial charge in [0, 0.05) is 18.5 Å². The van der Waals surface area contributed by atoms with Crippen LogP contribution in [0.4, 0.5) is 0 Å². The molecule has 1 unspecified atom stereocenters. The molecule has 1 N–H and O–H groups in total. The third kappa shape index (κ3) is 5.09. The molecule has 1 atom stereocenters. The van der Waals surface area contributed by atoms with E-state index in [2.05, 4.69) is 24.4 Å². The Balaban J connectivity index is 1.45. The number of hydrogen-bond donors (Lipinski definition) is 1. The highest BCUT2D eigenvalue weighted by Crippen LogP contribution is 2.20. The second-order valence-corrected chi connectivity index (χ2v) is 6.70. The summed E-state index contributed by atoms with van der Waals surface area (Å²) in [6.07, 6.45) is 4.27. The monoisotopic (exact) mass is 353 g/mol. The molecule has 1 heterocycles. The summed E-state index contributed by atoms with van der Waals surface area (Å²) in [6, 6.07) is 15.6. The van der Waals surface area contributed by atoms with E-state index in [9.17, 15) is 4.79 Å². The second-order valence-electron chi connectivity index (χ2n) is 6.70. The molecule has 4 heteroatoms. The average Bonchev–Trinajstić information content (AvgIpc) is 2.70. The molecule has 0 saturated heterocycles. The number of carbonyl (C=O) groups excluding carboxylic acids is 1. The number of ether oxygens (including phenoxy) is 2. The van der Waals surface area contributed by atoms with Crippen LogP contribution in [0.1, 0.15) is 47.7 Å². The zero-order chi connectivity index (χ0) is 18.2. The van der Waals surface area contributed by atoms with Gasteiger partial charge in [-0.3, -0.25) is 4.79 Å². The predicted molar refractivity (Wildman–Crippen MR) is 103 cm³/mol. The smallest absolute Gasteiger partial charge is 0.251 e. The van der Waals surface area contributed by atoms with Gasteiger partial charge in [-0.2, -0.15) is 0 Å². The highest BCUT2D eigenvalue weighted by atomic mass is 16.5. The van der Waals surface area contributed by atoms with Crippen LogP contribution in [-0.4, -0.2) is 25.2 Å². The zero-order valence-electron chi connectivity index (χ0n) is 15.4. The molecule has 1 aliphatic rings. The molecule has 0 saturated carbocycles. The summed E-state index contributed by atoms with van der Waals surface area (Å²) in [7, 11) is 0. The summed E-state index contributed by atoms with van der Waals surface area (Å²) in [4.78, 5) is 12.3. The summed E-state index contributed by atoms with van der Waals surface area (Å²) < 4.78 is 11.5. The topological polar surface area (TPSA) is 47.6 Å². The van der Waals surface area contributed by atoms with Crippen molar-refractivity contribution in [2.75, 3.05) is 13.2 Å². The number of benzene rings is 2. The lowest BCUT2D eigenvalue weighted by atomic mass is 9.99. The standard InChI is InChI=1S/C22H27NO3/c1-2-3-6-13-25-20-11-9-17(10-12-20)22(24)23-15-21-14-18-7-4-5-8-19(18)16-26-21/h4-5,7-12,21H,2-3,6,13-16H2,1H3,(H,23,24). The lowest BCUT2D eigenvalue weighted by Crippen LogP contribution is -2.36. The van der Waals surface area contributed by atoms with Crippen molar-refractivity contribution in [2.45, 2.75) is 45.3 Å². The summed E-state index contributed by atoms with van der Waals surface area (Å²) >= 11 is 0. The van der Waals surface area contributed by atoms with Crippen molar-refractivity contribution in [3.63, 3.8) is 0 Å². The first-order chi connectivity index (χ1) is 12.8. The lowest BCUT2D eigenvalue weighted by molar-refractivity contribution is 0.0285. The Bertz CT molecular complexity index is 712. The van der Waals surface area contributed by atoms with Crippen molar-refractivity contribution >= 4 is 5.91 Å². The van der Waals surface area contributed by atoms with Gasteiger partial charge in [-0.05, 0) is 41.8 Å². The van der Waals surface area contributed by atoms with E-state index in [1.807, 2.05) is 36.4 Å². The van der Waals surface area contributed by atoms with Crippen LogP contribution in [-0.2, 0) is 17.8 Å². The second kappa shape index (κ2) is 9.39. The van der Waals surface area contributed by atoms with Crippen LogP contribution in [0, 0.1) is 0 Å². The first kappa shape index (κ1) is 18.5. The van der Waals surface area contributed by atoms with E-state index < -0.39 is 0 Å². The molecule has 2 aromatic carbocycles. The first-order valence-electron chi connectivity index (χ1n) is 9.45. The Hall–Kier alpha value is -2.33. The van der Waals surface area contributed by atoms with E-state index in [1.165, 1.54) is 24.0 Å². The molecule has 26 heavy (non-hydrogen) atoms. The molecule has 0 fully saturated rings. The van der Waals surface area contributed by atoms with Crippen molar-refractivity contribution in [1.29, 1.82) is 0 Å². The van der Waals surface area contributed by atoms with Gasteiger partial charge in [0.05, 0.1) is 19.3 Å². The van der Waals surface area contributed by atoms with E-state index >= 15 is 0 Å². The van der Waals surface area contributed by atoms with Crippen molar-refractivity contribution in [3.05, 3.63) is 65.2 Å². The number of unbranched alkanes of at least 4 members (excludes halogenated alkanes) is 2. The lowest BCUT2D eigenvalue weighted by Gasteiger charge is -2.25. The van der Waals surface area contributed by atoms with Gasteiger partial charge in [0.2, 0.25) is 0 Å². The van der Waals surface area contributed by atoms with E-state index in [1.54, 1.807) is 0 Å². The molecular weight excluding hydrogens is 326 g/mol. The predicted octanol–water partition coefficient (Wildman–Crippen LogP) is 4.13. The van der Waals surface area contributed by atoms with E-state index in [-0.39, 0.29) is 12.0 Å². The molecule has 0 aliphatic carbocycles. The number of fused-ring (bicyclic) bond motifs is 1. The SMILES string of the molecule is CCCCCOc1ccc(C(=O)NCC2Cc3ccccc3CO2)cc1. The van der Waals surface area contributed by atoms with Crippen LogP contribution in [0.3, 0.4) is 0 Å². The minimum absolute atomic E-state index is 0.0232. The third-order valence-corrected chi connectivity index (χ3v) is 4.66. The minimum Gasteiger partial charge on any atom is -0.494 e. The number of amides is 1. The van der Waals surface area contributed by atoms with Gasteiger partial charge in [0.15, 0.2) is 0 Å². The van der Waals surface area contributed by atoms with Crippen LogP contribution in [0.5, 0.6) is 5.75 Å². The van der Waals surface area contributed by atoms with Crippen LogP contribution in [0.25, 0.3) is 0 Å². The van der Waals surface area contributed by atoms with Gasteiger partial charge in [-0.25, -0.2) is 0 Å². The van der Waals surface area contributed by atoms with Crippen molar-refractivity contribution < 1.29 is 14.3 Å². The Morgan fingerprint density at radius 3 is 2.65 bits per heavy atom. The van der Waals surface area contributed by atoms with Gasteiger partial charge in [-0.15, -0.1) is 0 Å². The highest BCUT2D eigenvalue weighted by molar-refractivity contribution is 5.94. The molecule has 138 valence electrons. The van der Waals surface area contributed by atoms with E-state index in [4.69, 9.17) is 9.47 Å². The number of rotatable bonds is 8. The summed E-state index contributed by atoms with van der Waals surface area (Å²) in [5, 5.41) is 2.97. The molecule has 4 nitrogen and oxygen atoms in total. The number of hydrogen-bond acceptors (Lipinski definition) is 3. The van der Waals surface area contributed by atoms with Gasteiger partial charge >= 0.3 is 0 Å². The average molecular weight is 353 g/mol. The molecule has 1 amide bonds. The normalized spacial score (nSPS) is 16.0. The van der Waals surface area contributed by atoms with Gasteiger partial charge in [0.25, 0.3) is 5.91 Å². The van der Waals surface area contributed by atoms with Gasteiger partial charge in [-0.1, -0.05) is 44.0 Å². The Morgan fingerprint density at radius 2 is 1.88 bits per heavy atom. The first-order valence-corrected chi connectivity index (χ1v) is 9.45. The summed E-state index contributed by atoms with van der Waals surface area (Å²) in [5.41, 5.74) is 3.19. The molecular formula is C22H27NO3. The third-order valence-electron chi connectivity index (χ3n) is 4.66. The minimum atomic E-state index is -0.0787. The molecule has 3 rings (SSSR count). The Kier molecular flexibility index (Phi) is 6.67. The maximum absolute atomic E-state index is 12.3. The van der Waals surface area contributed by atoms with Crippen molar-refractivity contribution in [1.82, 2.24) is 5.32 Å². The van der Waals surface area contributed by atoms with Crippen LogP contribution in [0.2, 0.25) is 0 Å². The Labute approximate surface area is 155 Å². The number of nitrogens with one attached hydrogen (secondary N) is 1. The van der Waals surface area contributed by atoms with Crippen LogP contribution >= 0.6 is 0 Å². The Morgan fingerprint density at radius 1 is 1.12 bits per heavy atom. The molecule has 0 bridgehead atoms. The highest BCUT2D eigenvalue weighted by Gasteiger charge is 2.19. The maximum atomic E-state index is 12.3. The molecule has 2 aromatic rings. The fraction of sp³-hybridized carbons (Fsp3) is 0.409.